The van der Waals surface area contributed by atoms with E-state index in [-0.39, 0.29) is 5.75 Å². The van der Waals surface area contributed by atoms with Gasteiger partial charge in [-0.1, -0.05) is 11.6 Å². The van der Waals surface area contributed by atoms with Crippen LogP contribution >= 0.6 is 11.6 Å². The van der Waals surface area contributed by atoms with Gasteiger partial charge in [0.25, 0.3) is 0 Å². The minimum absolute atomic E-state index is 0.0261. The number of benzene rings is 1. The first-order chi connectivity index (χ1) is 5.69. The maximum atomic E-state index is 9.31. The molecule has 4 heteroatoms. The van der Waals surface area contributed by atoms with Gasteiger partial charge in [-0.2, -0.15) is 0 Å². The molecule has 1 rings (SSSR count). The van der Waals surface area contributed by atoms with Gasteiger partial charge in [0, 0.05) is 17.2 Å². The summed E-state index contributed by atoms with van der Waals surface area (Å²) in [6.07, 6.45) is 0. The largest absolute Gasteiger partial charge is 0.504 e. The van der Waals surface area contributed by atoms with Crippen LogP contribution in [-0.2, 0) is 0 Å². The number of phenolic OH excluding ortho intramolecular Hbond substituents is 1. The molecule has 0 saturated carbocycles. The van der Waals surface area contributed by atoms with Crippen molar-refractivity contribution in [2.24, 2.45) is 0 Å². The van der Waals surface area contributed by atoms with E-state index in [4.69, 9.17) is 21.1 Å². The zero-order chi connectivity index (χ0) is 9.14. The van der Waals surface area contributed by atoms with Crippen LogP contribution in [0.3, 0.4) is 0 Å². The summed E-state index contributed by atoms with van der Waals surface area (Å²) >= 11 is 5.66. The Morgan fingerprint density at radius 1 is 1.25 bits per heavy atom. The second-order valence-electron chi connectivity index (χ2n) is 2.16. The molecule has 1 aromatic rings. The average molecular weight is 189 g/mol. The molecule has 1 aromatic carbocycles. The van der Waals surface area contributed by atoms with Crippen molar-refractivity contribution in [1.82, 2.24) is 0 Å². The number of halogens is 1. The molecule has 0 spiro atoms. The predicted octanol–water partition coefficient (Wildman–Crippen LogP) is 2.06. The van der Waals surface area contributed by atoms with Crippen LogP contribution in [0.25, 0.3) is 0 Å². The van der Waals surface area contributed by atoms with Crippen LogP contribution in [0.1, 0.15) is 0 Å². The molecule has 0 fully saturated rings. The Morgan fingerprint density at radius 3 is 2.42 bits per heavy atom. The van der Waals surface area contributed by atoms with Crippen molar-refractivity contribution in [1.29, 1.82) is 0 Å². The van der Waals surface area contributed by atoms with E-state index in [9.17, 15) is 5.11 Å². The zero-order valence-electron chi connectivity index (χ0n) is 6.80. The van der Waals surface area contributed by atoms with Crippen molar-refractivity contribution in [3.8, 4) is 17.2 Å². The van der Waals surface area contributed by atoms with Crippen LogP contribution in [0.2, 0.25) is 5.02 Å². The molecule has 0 saturated heterocycles. The molecule has 0 aliphatic carbocycles. The second-order valence-corrected chi connectivity index (χ2v) is 2.60. The van der Waals surface area contributed by atoms with Crippen molar-refractivity contribution in [3.63, 3.8) is 0 Å². The summed E-state index contributed by atoms with van der Waals surface area (Å²) in [7, 11) is 2.93. The Balaban J connectivity index is 3.24. The van der Waals surface area contributed by atoms with Gasteiger partial charge in [-0.05, 0) is 0 Å². The molecule has 0 bridgehead atoms. The zero-order valence-corrected chi connectivity index (χ0v) is 7.55. The van der Waals surface area contributed by atoms with Crippen LogP contribution in [0.15, 0.2) is 12.1 Å². The molecule has 0 aliphatic rings. The average Bonchev–Trinajstić information content (AvgIpc) is 2.03. The number of hydrogen-bond donors (Lipinski definition) is 1. The maximum absolute atomic E-state index is 9.31. The lowest BCUT2D eigenvalue weighted by molar-refractivity contribution is 0.333. The lowest BCUT2D eigenvalue weighted by Crippen LogP contribution is -1.90. The van der Waals surface area contributed by atoms with Crippen molar-refractivity contribution in [2.45, 2.75) is 0 Å². The minimum atomic E-state index is -0.0261. The van der Waals surface area contributed by atoms with Gasteiger partial charge in [0.15, 0.2) is 11.5 Å². The quantitative estimate of drug-likeness (QED) is 0.772. The monoisotopic (exact) mass is 188 g/mol. The summed E-state index contributed by atoms with van der Waals surface area (Å²) in [4.78, 5) is 0. The molecule has 66 valence electrons. The fraction of sp³-hybridized carbons (Fsp3) is 0.250. The Morgan fingerprint density at radius 2 is 1.92 bits per heavy atom. The van der Waals surface area contributed by atoms with Gasteiger partial charge >= 0.3 is 0 Å². The first-order valence-electron chi connectivity index (χ1n) is 3.29. The standard InChI is InChI=1S/C8H9ClO3/c1-11-7-4-5(9)3-6(10)8(7)12-2/h3-4,10H,1-2H3. The van der Waals surface area contributed by atoms with Crippen LogP contribution in [0, 0.1) is 0 Å². The van der Waals surface area contributed by atoms with Crippen molar-refractivity contribution in [3.05, 3.63) is 17.2 Å². The van der Waals surface area contributed by atoms with Gasteiger partial charge in [0.1, 0.15) is 0 Å². The van der Waals surface area contributed by atoms with Gasteiger partial charge in [-0.25, -0.2) is 0 Å². The van der Waals surface area contributed by atoms with Crippen molar-refractivity contribution < 1.29 is 14.6 Å². The Hall–Kier alpha value is -1.09. The number of aromatic hydroxyl groups is 1. The fourth-order valence-corrected chi connectivity index (χ4v) is 1.11. The highest BCUT2D eigenvalue weighted by Crippen LogP contribution is 2.38. The topological polar surface area (TPSA) is 38.7 Å². The van der Waals surface area contributed by atoms with Gasteiger partial charge in [0.2, 0.25) is 5.75 Å². The van der Waals surface area contributed by atoms with Crippen molar-refractivity contribution >= 4 is 11.6 Å². The van der Waals surface area contributed by atoms with E-state index in [2.05, 4.69) is 0 Å². The van der Waals surface area contributed by atoms with E-state index >= 15 is 0 Å². The normalized spacial score (nSPS) is 9.58. The smallest absolute Gasteiger partial charge is 0.203 e. The van der Waals surface area contributed by atoms with Gasteiger partial charge in [0.05, 0.1) is 14.2 Å². The Kier molecular flexibility index (Phi) is 2.65. The third-order valence-corrected chi connectivity index (χ3v) is 1.64. The molecular weight excluding hydrogens is 180 g/mol. The van der Waals surface area contributed by atoms with Gasteiger partial charge < -0.3 is 14.6 Å². The highest BCUT2D eigenvalue weighted by Gasteiger charge is 2.09. The lowest BCUT2D eigenvalue weighted by Gasteiger charge is -2.08. The third kappa shape index (κ3) is 1.56. The lowest BCUT2D eigenvalue weighted by atomic mass is 10.3. The summed E-state index contributed by atoms with van der Waals surface area (Å²) < 4.78 is 9.82. The molecule has 0 aromatic heterocycles. The van der Waals surface area contributed by atoms with E-state index in [1.54, 1.807) is 6.07 Å². The molecule has 3 nitrogen and oxygen atoms in total. The number of methoxy groups -OCH3 is 2. The molecule has 12 heavy (non-hydrogen) atoms. The molecule has 0 atom stereocenters. The summed E-state index contributed by atoms with van der Waals surface area (Å²) in [6, 6.07) is 2.96. The number of rotatable bonds is 2. The predicted molar refractivity (Wildman–Crippen MR) is 46.2 cm³/mol. The number of hydrogen-bond acceptors (Lipinski definition) is 3. The Labute approximate surface area is 75.5 Å². The molecular formula is C8H9ClO3. The SMILES string of the molecule is COc1cc(Cl)cc(O)c1OC. The van der Waals surface area contributed by atoms with Crippen LogP contribution in [0.4, 0.5) is 0 Å². The molecule has 0 unspecified atom stereocenters. The number of ether oxygens (including phenoxy) is 2. The highest BCUT2D eigenvalue weighted by molar-refractivity contribution is 6.31. The van der Waals surface area contributed by atoms with Gasteiger partial charge in [-0.3, -0.25) is 0 Å². The second kappa shape index (κ2) is 3.54. The summed E-state index contributed by atoms with van der Waals surface area (Å²) in [5.41, 5.74) is 0. The van der Waals surface area contributed by atoms with Crippen LogP contribution in [-0.4, -0.2) is 19.3 Å². The summed E-state index contributed by atoms with van der Waals surface area (Å²) in [6.45, 7) is 0. The van der Waals surface area contributed by atoms with E-state index < -0.39 is 0 Å². The molecule has 0 aliphatic heterocycles. The van der Waals surface area contributed by atoms with Crippen LogP contribution in [0.5, 0.6) is 17.2 Å². The minimum Gasteiger partial charge on any atom is -0.504 e. The Bertz CT molecular complexity index is 286. The van der Waals surface area contributed by atoms with Gasteiger partial charge in [-0.15, -0.1) is 0 Å². The third-order valence-electron chi connectivity index (χ3n) is 1.42. The maximum Gasteiger partial charge on any atom is 0.203 e. The van der Waals surface area contributed by atoms with E-state index in [1.807, 2.05) is 0 Å². The molecule has 0 heterocycles. The van der Waals surface area contributed by atoms with Crippen molar-refractivity contribution in [2.75, 3.05) is 14.2 Å². The molecule has 0 radical (unpaired) electrons. The number of phenols is 1. The van der Waals surface area contributed by atoms with E-state index in [1.165, 1.54) is 20.3 Å². The van der Waals surface area contributed by atoms with E-state index in [0.717, 1.165) is 0 Å². The first-order valence-corrected chi connectivity index (χ1v) is 3.67. The fourth-order valence-electron chi connectivity index (χ4n) is 0.912. The highest BCUT2D eigenvalue weighted by atomic mass is 35.5. The van der Waals surface area contributed by atoms with E-state index in [0.29, 0.717) is 16.5 Å². The first kappa shape index (κ1) is 9.00. The summed E-state index contributed by atoms with van der Waals surface area (Å²) in [5, 5.41) is 9.72. The summed E-state index contributed by atoms with van der Waals surface area (Å²) in [5.74, 6) is 0.686. The van der Waals surface area contributed by atoms with Crippen LogP contribution < -0.4 is 9.47 Å². The molecule has 0 amide bonds. The molecule has 1 N–H and O–H groups in total.